The van der Waals surface area contributed by atoms with Crippen LogP contribution in [0.2, 0.25) is 0 Å². The number of benzene rings is 2. The van der Waals surface area contributed by atoms with Crippen LogP contribution in [-0.4, -0.2) is 65.0 Å². The van der Waals surface area contributed by atoms with E-state index in [1.54, 1.807) is 21.3 Å². The molecular formula is C24H33N3O4. The van der Waals surface area contributed by atoms with Crippen molar-refractivity contribution >= 4 is 5.96 Å². The Bertz CT molecular complexity index is 849. The Morgan fingerprint density at radius 1 is 0.968 bits per heavy atom. The fraction of sp³-hybridized carbons (Fsp3) is 0.458. The second-order valence-electron chi connectivity index (χ2n) is 7.33. The Labute approximate surface area is 185 Å². The average Bonchev–Trinajstić information content (AvgIpc) is 2.82. The summed E-state index contributed by atoms with van der Waals surface area (Å²) in [5, 5.41) is 3.48. The lowest BCUT2D eigenvalue weighted by molar-refractivity contribution is 0.129. The molecule has 1 heterocycles. The molecule has 0 radical (unpaired) electrons. The lowest BCUT2D eigenvalue weighted by Gasteiger charge is -2.34. The maximum absolute atomic E-state index is 6.10. The third-order valence-electron chi connectivity index (χ3n) is 5.46. The van der Waals surface area contributed by atoms with Crippen molar-refractivity contribution in [2.45, 2.75) is 25.4 Å². The van der Waals surface area contributed by atoms with Crippen LogP contribution in [0.1, 0.15) is 18.4 Å². The molecule has 0 bridgehead atoms. The minimum absolute atomic E-state index is 0.243. The van der Waals surface area contributed by atoms with Crippen molar-refractivity contribution < 1.29 is 18.9 Å². The quantitative estimate of drug-likeness (QED) is 0.515. The van der Waals surface area contributed by atoms with Gasteiger partial charge in [0.25, 0.3) is 0 Å². The summed E-state index contributed by atoms with van der Waals surface area (Å²) in [6.07, 6.45) is 2.96. The molecule has 0 aliphatic carbocycles. The van der Waals surface area contributed by atoms with Crippen molar-refractivity contribution in [2.75, 3.05) is 48.0 Å². The van der Waals surface area contributed by atoms with Crippen LogP contribution in [0.4, 0.5) is 0 Å². The molecule has 1 fully saturated rings. The molecule has 0 amide bonds. The number of guanidine groups is 1. The second-order valence-corrected chi connectivity index (χ2v) is 7.33. The van der Waals surface area contributed by atoms with E-state index in [4.69, 9.17) is 18.9 Å². The molecule has 7 heteroatoms. The van der Waals surface area contributed by atoms with Gasteiger partial charge in [0.15, 0.2) is 17.5 Å². The Kier molecular flexibility index (Phi) is 8.27. The van der Waals surface area contributed by atoms with Crippen molar-refractivity contribution in [1.29, 1.82) is 0 Å². The number of nitrogens with zero attached hydrogens (tertiary/aromatic N) is 2. The SMILES string of the molecule is CN=C(NCCc1ccc(OC)c(OC)c1OC)N1CCC(Oc2ccccc2)CC1. The first-order valence-electron chi connectivity index (χ1n) is 10.6. The van der Waals surface area contributed by atoms with E-state index in [1.807, 2.05) is 49.5 Å². The van der Waals surface area contributed by atoms with Gasteiger partial charge in [0.05, 0.1) is 21.3 Å². The number of methoxy groups -OCH3 is 3. The van der Waals surface area contributed by atoms with Crippen molar-refractivity contribution in [2.24, 2.45) is 4.99 Å². The summed E-state index contributed by atoms with van der Waals surface area (Å²) in [7, 11) is 6.71. The highest BCUT2D eigenvalue weighted by molar-refractivity contribution is 5.80. The van der Waals surface area contributed by atoms with Crippen LogP contribution >= 0.6 is 0 Å². The number of nitrogens with one attached hydrogen (secondary N) is 1. The van der Waals surface area contributed by atoms with Crippen LogP contribution in [0.3, 0.4) is 0 Å². The standard InChI is InChI=1S/C24H33N3O4/c1-25-24(27-16-13-20(14-17-27)31-19-8-6-5-7-9-19)26-15-12-18-10-11-21(28-2)23(30-4)22(18)29-3/h5-11,20H,12-17H2,1-4H3,(H,25,26). The van der Waals surface area contributed by atoms with Gasteiger partial charge in [-0.1, -0.05) is 24.3 Å². The first-order valence-corrected chi connectivity index (χ1v) is 10.6. The lowest BCUT2D eigenvalue weighted by Crippen LogP contribution is -2.47. The van der Waals surface area contributed by atoms with E-state index in [2.05, 4.69) is 15.2 Å². The minimum Gasteiger partial charge on any atom is -0.493 e. The van der Waals surface area contributed by atoms with E-state index in [0.717, 1.165) is 56.2 Å². The van der Waals surface area contributed by atoms with Crippen LogP contribution < -0.4 is 24.3 Å². The smallest absolute Gasteiger partial charge is 0.203 e. The van der Waals surface area contributed by atoms with Gasteiger partial charge < -0.3 is 29.2 Å². The topological polar surface area (TPSA) is 64.6 Å². The Morgan fingerprint density at radius 3 is 2.29 bits per heavy atom. The highest BCUT2D eigenvalue weighted by atomic mass is 16.5. The molecule has 31 heavy (non-hydrogen) atoms. The number of likely N-dealkylation sites (tertiary alicyclic amines) is 1. The zero-order valence-electron chi connectivity index (χ0n) is 18.9. The van der Waals surface area contributed by atoms with Crippen molar-refractivity contribution in [3.63, 3.8) is 0 Å². The van der Waals surface area contributed by atoms with Gasteiger partial charge in [0.2, 0.25) is 5.75 Å². The van der Waals surface area contributed by atoms with Gasteiger partial charge in [0.1, 0.15) is 11.9 Å². The molecule has 3 rings (SSSR count). The highest BCUT2D eigenvalue weighted by Crippen LogP contribution is 2.39. The fourth-order valence-corrected chi connectivity index (χ4v) is 3.88. The first-order chi connectivity index (χ1) is 15.2. The van der Waals surface area contributed by atoms with Crippen LogP contribution in [0.5, 0.6) is 23.0 Å². The van der Waals surface area contributed by atoms with Crippen LogP contribution in [-0.2, 0) is 6.42 Å². The summed E-state index contributed by atoms with van der Waals surface area (Å²) in [5.41, 5.74) is 1.05. The monoisotopic (exact) mass is 427 g/mol. The normalized spacial score (nSPS) is 14.8. The van der Waals surface area contributed by atoms with E-state index < -0.39 is 0 Å². The van der Waals surface area contributed by atoms with Crippen LogP contribution in [0, 0.1) is 0 Å². The molecule has 0 unspecified atom stereocenters. The molecule has 1 N–H and O–H groups in total. The van der Waals surface area contributed by atoms with E-state index in [-0.39, 0.29) is 6.10 Å². The Morgan fingerprint density at radius 2 is 1.68 bits per heavy atom. The van der Waals surface area contributed by atoms with E-state index in [0.29, 0.717) is 17.2 Å². The number of rotatable bonds is 8. The zero-order chi connectivity index (χ0) is 22.1. The fourth-order valence-electron chi connectivity index (χ4n) is 3.88. The third kappa shape index (κ3) is 5.75. The number of aliphatic imine (C=N–C) groups is 1. The molecular weight excluding hydrogens is 394 g/mol. The largest absolute Gasteiger partial charge is 0.493 e. The number of hydrogen-bond donors (Lipinski definition) is 1. The number of ether oxygens (including phenoxy) is 4. The van der Waals surface area contributed by atoms with Gasteiger partial charge in [-0.05, 0) is 24.6 Å². The second kappa shape index (κ2) is 11.3. The molecule has 1 aliphatic heterocycles. The summed E-state index contributed by atoms with van der Waals surface area (Å²) >= 11 is 0. The summed E-state index contributed by atoms with van der Waals surface area (Å²) in [6.45, 7) is 2.56. The Hall–Kier alpha value is -3.09. The molecule has 168 valence electrons. The molecule has 0 aromatic heterocycles. The lowest BCUT2D eigenvalue weighted by atomic mass is 10.1. The summed E-state index contributed by atoms with van der Waals surface area (Å²) in [4.78, 5) is 6.76. The highest BCUT2D eigenvalue weighted by Gasteiger charge is 2.23. The molecule has 2 aromatic carbocycles. The first kappa shape index (κ1) is 22.6. The van der Waals surface area contributed by atoms with Crippen LogP contribution in [0.25, 0.3) is 0 Å². The van der Waals surface area contributed by atoms with Gasteiger partial charge in [0, 0.05) is 45.1 Å². The summed E-state index contributed by atoms with van der Waals surface area (Å²) in [6, 6.07) is 13.9. The average molecular weight is 428 g/mol. The predicted octanol–water partition coefficient (Wildman–Crippen LogP) is 3.37. The summed E-state index contributed by atoms with van der Waals surface area (Å²) in [5.74, 6) is 3.84. The van der Waals surface area contributed by atoms with Crippen molar-refractivity contribution in [1.82, 2.24) is 10.2 Å². The van der Waals surface area contributed by atoms with Crippen molar-refractivity contribution in [3.8, 4) is 23.0 Å². The van der Waals surface area contributed by atoms with Gasteiger partial charge in [-0.2, -0.15) is 0 Å². The van der Waals surface area contributed by atoms with Gasteiger partial charge in [-0.15, -0.1) is 0 Å². The van der Waals surface area contributed by atoms with Gasteiger partial charge in [-0.25, -0.2) is 0 Å². The molecule has 7 nitrogen and oxygen atoms in total. The minimum atomic E-state index is 0.243. The molecule has 0 spiro atoms. The molecule has 2 aromatic rings. The Balaban J connectivity index is 1.51. The van der Waals surface area contributed by atoms with Gasteiger partial charge in [-0.3, -0.25) is 4.99 Å². The zero-order valence-corrected chi connectivity index (χ0v) is 18.9. The van der Waals surface area contributed by atoms with Crippen molar-refractivity contribution in [3.05, 3.63) is 48.0 Å². The maximum Gasteiger partial charge on any atom is 0.203 e. The molecule has 0 atom stereocenters. The van der Waals surface area contributed by atoms with E-state index >= 15 is 0 Å². The van der Waals surface area contributed by atoms with Gasteiger partial charge >= 0.3 is 0 Å². The predicted molar refractivity (Wildman–Crippen MR) is 123 cm³/mol. The molecule has 0 saturated carbocycles. The number of para-hydroxylation sites is 1. The number of hydrogen-bond acceptors (Lipinski definition) is 5. The molecule has 1 aliphatic rings. The number of piperidine rings is 1. The maximum atomic E-state index is 6.10. The van der Waals surface area contributed by atoms with E-state index in [9.17, 15) is 0 Å². The van der Waals surface area contributed by atoms with Crippen LogP contribution in [0.15, 0.2) is 47.5 Å². The summed E-state index contributed by atoms with van der Waals surface area (Å²) < 4.78 is 22.5. The third-order valence-corrected chi connectivity index (χ3v) is 5.46. The molecule has 1 saturated heterocycles. The van der Waals surface area contributed by atoms with E-state index in [1.165, 1.54) is 0 Å².